The number of rotatable bonds is 10. The number of nitrogens with zero attached hydrogens (tertiary/aromatic N) is 3. The van der Waals surface area contributed by atoms with Gasteiger partial charge in [-0.05, 0) is 120 Å². The van der Waals surface area contributed by atoms with Gasteiger partial charge in [-0.3, -0.25) is 0 Å². The van der Waals surface area contributed by atoms with Gasteiger partial charge in [0.05, 0.1) is 0 Å². The summed E-state index contributed by atoms with van der Waals surface area (Å²) in [5.41, 5.74) is 12.1. The monoisotopic (exact) mass is 761 g/mol. The van der Waals surface area contributed by atoms with E-state index in [2.05, 4.69) is 251 Å². The first-order valence-corrected chi connectivity index (χ1v) is 20.4. The second kappa shape index (κ2) is 15.6. The summed E-state index contributed by atoms with van der Waals surface area (Å²) in [7, 11) is 0. The van der Waals surface area contributed by atoms with Gasteiger partial charge in [0, 0.05) is 71.4 Å². The van der Waals surface area contributed by atoms with Crippen LogP contribution in [0.4, 0.5) is 51.2 Å². The Kier molecular flexibility index (Phi) is 9.44. The summed E-state index contributed by atoms with van der Waals surface area (Å²) in [6.45, 7) is 0. The van der Waals surface area contributed by atoms with Crippen LogP contribution >= 0.6 is 11.3 Å². The Balaban J connectivity index is 1.15. The molecule has 0 spiro atoms. The molecule has 0 saturated heterocycles. The van der Waals surface area contributed by atoms with E-state index in [9.17, 15) is 0 Å². The molecule has 4 heteroatoms. The Morgan fingerprint density at radius 1 is 0.224 bits per heavy atom. The van der Waals surface area contributed by atoms with Crippen molar-refractivity contribution in [3.05, 3.63) is 237 Å². The lowest BCUT2D eigenvalue weighted by Crippen LogP contribution is -2.14. The van der Waals surface area contributed by atoms with Crippen LogP contribution in [0.2, 0.25) is 0 Å². The molecule has 1 aromatic heterocycles. The molecule has 0 saturated carbocycles. The van der Waals surface area contributed by atoms with E-state index in [-0.39, 0.29) is 0 Å². The highest BCUT2D eigenvalue weighted by molar-refractivity contribution is 7.25. The summed E-state index contributed by atoms with van der Waals surface area (Å²) in [6.07, 6.45) is 0. The molecular formula is C54H39N3S. The van der Waals surface area contributed by atoms with Gasteiger partial charge < -0.3 is 14.7 Å². The highest BCUT2D eigenvalue weighted by atomic mass is 32.1. The molecule has 10 aromatic rings. The van der Waals surface area contributed by atoms with Gasteiger partial charge in [0.25, 0.3) is 0 Å². The summed E-state index contributed by atoms with van der Waals surface area (Å²) < 4.78 is 2.57. The standard InChI is InChI=1S/C54H39N3S/c1-5-18-40(19-6-1)41-20-15-27-45(36-41)56(44-25-11-4-12-26-44)47-29-17-31-49(38-47)57(50-34-35-54-52(39-50)51-32-13-14-33-53(51)58-54)48-30-16-28-46(37-48)55(42-21-7-2-8-22-42)43-23-9-3-10-24-43/h1-39H. The Morgan fingerprint density at radius 2 is 0.586 bits per heavy atom. The second-order valence-corrected chi connectivity index (χ2v) is 15.3. The zero-order valence-corrected chi connectivity index (χ0v) is 32.6. The molecule has 0 N–H and O–H groups in total. The van der Waals surface area contributed by atoms with Gasteiger partial charge in [-0.2, -0.15) is 0 Å². The third-order valence-electron chi connectivity index (χ3n) is 10.6. The number of hydrogen-bond acceptors (Lipinski definition) is 4. The van der Waals surface area contributed by atoms with Crippen molar-refractivity contribution in [3.63, 3.8) is 0 Å². The number of thiophene rings is 1. The Labute approximate surface area is 343 Å². The first kappa shape index (κ1) is 35.0. The fraction of sp³-hybridized carbons (Fsp3) is 0. The van der Waals surface area contributed by atoms with Crippen molar-refractivity contribution in [1.29, 1.82) is 0 Å². The summed E-state index contributed by atoms with van der Waals surface area (Å²) in [5.74, 6) is 0. The molecule has 0 aliphatic rings. The van der Waals surface area contributed by atoms with Crippen LogP contribution in [0.5, 0.6) is 0 Å². The SMILES string of the molecule is c1ccc(-c2cccc(N(c3ccccc3)c3cccc(N(c4cccc(N(c5ccccc5)c5ccccc5)c4)c4ccc5sc6ccccc6c5c4)c3)c2)cc1. The maximum Gasteiger partial charge on any atom is 0.0482 e. The lowest BCUT2D eigenvalue weighted by atomic mass is 10.0. The lowest BCUT2D eigenvalue weighted by Gasteiger charge is -2.31. The van der Waals surface area contributed by atoms with Gasteiger partial charge >= 0.3 is 0 Å². The van der Waals surface area contributed by atoms with Crippen LogP contribution in [-0.2, 0) is 0 Å². The van der Waals surface area contributed by atoms with Gasteiger partial charge in [0.1, 0.15) is 0 Å². The van der Waals surface area contributed by atoms with Crippen molar-refractivity contribution >= 4 is 82.7 Å². The minimum absolute atomic E-state index is 1.06. The Bertz CT molecular complexity index is 2920. The van der Waals surface area contributed by atoms with Crippen LogP contribution in [0.1, 0.15) is 0 Å². The quantitative estimate of drug-likeness (QED) is 0.137. The first-order chi connectivity index (χ1) is 28.8. The molecule has 0 aliphatic carbocycles. The number of fused-ring (bicyclic) bond motifs is 3. The molecule has 0 bridgehead atoms. The van der Waals surface area contributed by atoms with Crippen LogP contribution in [0.15, 0.2) is 237 Å². The molecule has 10 rings (SSSR count). The van der Waals surface area contributed by atoms with Crippen LogP contribution in [0.25, 0.3) is 31.3 Å². The highest BCUT2D eigenvalue weighted by Gasteiger charge is 2.20. The summed E-state index contributed by atoms with van der Waals surface area (Å²) >= 11 is 1.84. The van der Waals surface area contributed by atoms with E-state index in [0.717, 1.165) is 51.2 Å². The molecule has 0 atom stereocenters. The largest absolute Gasteiger partial charge is 0.310 e. The number of benzene rings is 9. The minimum Gasteiger partial charge on any atom is -0.310 e. The molecule has 0 amide bonds. The van der Waals surface area contributed by atoms with Crippen molar-refractivity contribution in [2.45, 2.75) is 0 Å². The van der Waals surface area contributed by atoms with E-state index < -0.39 is 0 Å². The van der Waals surface area contributed by atoms with Crippen LogP contribution < -0.4 is 14.7 Å². The van der Waals surface area contributed by atoms with Crippen LogP contribution in [0.3, 0.4) is 0 Å². The first-order valence-electron chi connectivity index (χ1n) is 19.6. The van der Waals surface area contributed by atoms with Crippen molar-refractivity contribution in [3.8, 4) is 11.1 Å². The highest BCUT2D eigenvalue weighted by Crippen LogP contribution is 2.45. The topological polar surface area (TPSA) is 9.72 Å². The molecule has 0 unspecified atom stereocenters. The molecule has 9 aromatic carbocycles. The van der Waals surface area contributed by atoms with E-state index >= 15 is 0 Å². The third kappa shape index (κ3) is 6.87. The fourth-order valence-corrected chi connectivity index (χ4v) is 9.01. The van der Waals surface area contributed by atoms with Crippen molar-refractivity contribution in [2.75, 3.05) is 14.7 Å². The van der Waals surface area contributed by atoms with Gasteiger partial charge in [-0.1, -0.05) is 127 Å². The van der Waals surface area contributed by atoms with Crippen molar-refractivity contribution < 1.29 is 0 Å². The van der Waals surface area contributed by atoms with Gasteiger partial charge in [-0.15, -0.1) is 11.3 Å². The smallest absolute Gasteiger partial charge is 0.0482 e. The molecule has 0 fully saturated rings. The zero-order valence-electron chi connectivity index (χ0n) is 31.8. The van der Waals surface area contributed by atoms with Gasteiger partial charge in [-0.25, -0.2) is 0 Å². The van der Waals surface area contributed by atoms with E-state index in [1.165, 1.54) is 31.3 Å². The van der Waals surface area contributed by atoms with Crippen molar-refractivity contribution in [1.82, 2.24) is 0 Å². The van der Waals surface area contributed by atoms with E-state index in [4.69, 9.17) is 0 Å². The average molecular weight is 762 g/mol. The normalized spacial score (nSPS) is 11.1. The van der Waals surface area contributed by atoms with E-state index in [0.29, 0.717) is 0 Å². The Hall–Kier alpha value is -7.40. The maximum atomic E-state index is 2.40. The summed E-state index contributed by atoms with van der Waals surface area (Å²) in [4.78, 5) is 7.08. The molecule has 3 nitrogen and oxygen atoms in total. The number of para-hydroxylation sites is 3. The van der Waals surface area contributed by atoms with Crippen molar-refractivity contribution in [2.24, 2.45) is 0 Å². The lowest BCUT2D eigenvalue weighted by molar-refractivity contribution is 1.24. The maximum absolute atomic E-state index is 2.40. The van der Waals surface area contributed by atoms with Crippen LogP contribution in [-0.4, -0.2) is 0 Å². The summed E-state index contributed by atoms with van der Waals surface area (Å²) in [5, 5.41) is 2.54. The molecule has 1 heterocycles. The second-order valence-electron chi connectivity index (χ2n) is 14.2. The third-order valence-corrected chi connectivity index (χ3v) is 11.7. The van der Waals surface area contributed by atoms with Crippen LogP contribution in [0, 0.1) is 0 Å². The van der Waals surface area contributed by atoms with Gasteiger partial charge in [0.15, 0.2) is 0 Å². The average Bonchev–Trinajstić information content (AvgIpc) is 3.67. The number of anilines is 9. The fourth-order valence-electron chi connectivity index (χ4n) is 7.92. The zero-order chi connectivity index (χ0) is 38.7. The predicted molar refractivity (Wildman–Crippen MR) is 249 cm³/mol. The molecule has 0 aliphatic heterocycles. The molecule has 58 heavy (non-hydrogen) atoms. The minimum atomic E-state index is 1.06. The van der Waals surface area contributed by atoms with E-state index in [1.807, 2.05) is 11.3 Å². The van der Waals surface area contributed by atoms with Gasteiger partial charge in [0.2, 0.25) is 0 Å². The molecule has 276 valence electrons. The predicted octanol–water partition coefficient (Wildman–Crippen LogP) is 16.1. The summed E-state index contributed by atoms with van der Waals surface area (Å²) in [6, 6.07) is 84.7. The number of hydrogen-bond donors (Lipinski definition) is 0. The molecular weight excluding hydrogens is 723 g/mol. The Morgan fingerprint density at radius 3 is 1.14 bits per heavy atom. The van der Waals surface area contributed by atoms with E-state index in [1.54, 1.807) is 0 Å². The molecule has 0 radical (unpaired) electrons.